The lowest BCUT2D eigenvalue weighted by Crippen LogP contribution is -2.09. The summed E-state index contributed by atoms with van der Waals surface area (Å²) in [5, 5.41) is 0. The number of nitrogens with two attached hydrogens (primary N) is 1. The van der Waals surface area contributed by atoms with Crippen LogP contribution in [0, 0.1) is 6.92 Å². The van der Waals surface area contributed by atoms with E-state index in [4.69, 9.17) is 15.2 Å². The van der Waals surface area contributed by atoms with Crippen LogP contribution in [0.15, 0.2) is 48.5 Å². The van der Waals surface area contributed by atoms with Gasteiger partial charge < -0.3 is 15.2 Å². The lowest BCUT2D eigenvalue weighted by molar-refractivity contribution is 0.217. The van der Waals surface area contributed by atoms with Gasteiger partial charge in [0, 0.05) is 11.8 Å². The van der Waals surface area contributed by atoms with E-state index in [0.717, 1.165) is 11.5 Å². The molecule has 0 amide bonds. The van der Waals surface area contributed by atoms with Crippen LogP contribution in [0.1, 0.15) is 5.56 Å². The highest BCUT2D eigenvalue weighted by molar-refractivity contribution is 5.43. The van der Waals surface area contributed by atoms with Gasteiger partial charge in [0.15, 0.2) is 0 Å². The zero-order chi connectivity index (χ0) is 12.8. The van der Waals surface area contributed by atoms with Crippen LogP contribution in [0.3, 0.4) is 0 Å². The third-order valence-corrected chi connectivity index (χ3v) is 2.50. The fourth-order valence-corrected chi connectivity index (χ4v) is 1.56. The molecule has 0 spiro atoms. The first-order chi connectivity index (χ1) is 8.74. The van der Waals surface area contributed by atoms with Crippen LogP contribution in [0.25, 0.3) is 0 Å². The SMILES string of the molecule is Cc1ccc(OCCOc2cccc(N)c2)cc1. The number of hydrogen-bond acceptors (Lipinski definition) is 3. The average molecular weight is 243 g/mol. The molecular weight excluding hydrogens is 226 g/mol. The number of anilines is 1. The fraction of sp³-hybridized carbons (Fsp3) is 0.200. The van der Waals surface area contributed by atoms with E-state index >= 15 is 0 Å². The maximum atomic E-state index is 5.66. The second-order valence-electron chi connectivity index (χ2n) is 4.08. The molecule has 0 aliphatic carbocycles. The van der Waals surface area contributed by atoms with E-state index in [9.17, 15) is 0 Å². The van der Waals surface area contributed by atoms with E-state index in [1.165, 1.54) is 5.56 Å². The topological polar surface area (TPSA) is 44.5 Å². The van der Waals surface area contributed by atoms with Crippen molar-refractivity contribution in [3.63, 3.8) is 0 Å². The molecule has 0 bridgehead atoms. The molecule has 3 nitrogen and oxygen atoms in total. The first-order valence-electron chi connectivity index (χ1n) is 5.92. The molecular formula is C15H17NO2. The first-order valence-corrected chi connectivity index (χ1v) is 5.92. The average Bonchev–Trinajstić information content (AvgIpc) is 2.37. The molecule has 0 atom stereocenters. The van der Waals surface area contributed by atoms with Crippen LogP contribution in [-0.4, -0.2) is 13.2 Å². The van der Waals surface area contributed by atoms with Gasteiger partial charge in [0.2, 0.25) is 0 Å². The van der Waals surface area contributed by atoms with Gasteiger partial charge in [0.05, 0.1) is 0 Å². The maximum absolute atomic E-state index is 5.66. The van der Waals surface area contributed by atoms with E-state index in [2.05, 4.69) is 0 Å². The molecule has 0 aliphatic heterocycles. The van der Waals surface area contributed by atoms with Crippen molar-refractivity contribution in [1.82, 2.24) is 0 Å². The Bertz CT molecular complexity index is 494. The van der Waals surface area contributed by atoms with Gasteiger partial charge in [-0.25, -0.2) is 0 Å². The Labute approximate surface area is 107 Å². The van der Waals surface area contributed by atoms with E-state index in [0.29, 0.717) is 18.9 Å². The van der Waals surface area contributed by atoms with Crippen molar-refractivity contribution in [3.8, 4) is 11.5 Å². The minimum absolute atomic E-state index is 0.497. The largest absolute Gasteiger partial charge is 0.490 e. The normalized spacial score (nSPS) is 10.1. The number of aryl methyl sites for hydroxylation is 1. The monoisotopic (exact) mass is 243 g/mol. The van der Waals surface area contributed by atoms with Gasteiger partial charge in [-0.3, -0.25) is 0 Å². The summed E-state index contributed by atoms with van der Waals surface area (Å²) in [7, 11) is 0. The van der Waals surface area contributed by atoms with Crippen molar-refractivity contribution in [2.24, 2.45) is 0 Å². The van der Waals surface area contributed by atoms with E-state index < -0.39 is 0 Å². The Balaban J connectivity index is 1.74. The number of rotatable bonds is 5. The molecule has 0 aliphatic rings. The quantitative estimate of drug-likeness (QED) is 0.648. The van der Waals surface area contributed by atoms with Crippen molar-refractivity contribution in [2.45, 2.75) is 6.92 Å². The standard InChI is InChI=1S/C15H17NO2/c1-12-5-7-14(8-6-12)17-9-10-18-15-4-2-3-13(16)11-15/h2-8,11H,9-10,16H2,1H3. The number of hydrogen-bond donors (Lipinski definition) is 1. The maximum Gasteiger partial charge on any atom is 0.122 e. The van der Waals surface area contributed by atoms with E-state index in [1.54, 1.807) is 6.07 Å². The number of ether oxygens (including phenoxy) is 2. The first kappa shape index (κ1) is 12.3. The molecule has 2 N–H and O–H groups in total. The van der Waals surface area contributed by atoms with Gasteiger partial charge in [-0.1, -0.05) is 23.8 Å². The molecule has 2 aromatic rings. The Morgan fingerprint density at radius 3 is 2.22 bits per heavy atom. The molecule has 0 unspecified atom stereocenters. The van der Waals surface area contributed by atoms with Crippen LogP contribution in [0.5, 0.6) is 11.5 Å². The smallest absolute Gasteiger partial charge is 0.122 e. The predicted molar refractivity (Wildman–Crippen MR) is 73.0 cm³/mol. The predicted octanol–water partition coefficient (Wildman–Crippen LogP) is 3.04. The highest BCUT2D eigenvalue weighted by Gasteiger charge is 1.96. The highest BCUT2D eigenvalue weighted by atomic mass is 16.5. The Kier molecular flexibility index (Phi) is 4.07. The second kappa shape index (κ2) is 5.96. The minimum atomic E-state index is 0.497. The van der Waals surface area contributed by atoms with Gasteiger partial charge in [-0.15, -0.1) is 0 Å². The van der Waals surface area contributed by atoms with Gasteiger partial charge in [-0.05, 0) is 31.2 Å². The lowest BCUT2D eigenvalue weighted by atomic mass is 10.2. The molecule has 0 saturated heterocycles. The molecule has 94 valence electrons. The third kappa shape index (κ3) is 3.70. The molecule has 0 radical (unpaired) electrons. The van der Waals surface area contributed by atoms with Crippen molar-refractivity contribution in [1.29, 1.82) is 0 Å². The summed E-state index contributed by atoms with van der Waals surface area (Å²) < 4.78 is 11.1. The molecule has 3 heteroatoms. The van der Waals surface area contributed by atoms with E-state index in [1.807, 2.05) is 49.4 Å². The van der Waals surface area contributed by atoms with E-state index in [-0.39, 0.29) is 0 Å². The fourth-order valence-electron chi connectivity index (χ4n) is 1.56. The summed E-state index contributed by atoms with van der Waals surface area (Å²) in [5.41, 5.74) is 7.58. The van der Waals surface area contributed by atoms with Gasteiger partial charge >= 0.3 is 0 Å². The Morgan fingerprint density at radius 2 is 1.56 bits per heavy atom. The minimum Gasteiger partial charge on any atom is -0.490 e. The second-order valence-corrected chi connectivity index (χ2v) is 4.08. The molecule has 2 rings (SSSR count). The van der Waals surface area contributed by atoms with Crippen LogP contribution in [0.2, 0.25) is 0 Å². The van der Waals surface area contributed by atoms with Gasteiger partial charge in [-0.2, -0.15) is 0 Å². The van der Waals surface area contributed by atoms with Crippen molar-refractivity contribution >= 4 is 5.69 Å². The van der Waals surface area contributed by atoms with Crippen LogP contribution >= 0.6 is 0 Å². The highest BCUT2D eigenvalue weighted by Crippen LogP contribution is 2.15. The molecule has 0 aromatic heterocycles. The summed E-state index contributed by atoms with van der Waals surface area (Å²) in [6.45, 7) is 3.06. The molecule has 0 saturated carbocycles. The summed E-state index contributed by atoms with van der Waals surface area (Å²) in [6.07, 6.45) is 0. The summed E-state index contributed by atoms with van der Waals surface area (Å²) in [6, 6.07) is 15.3. The third-order valence-electron chi connectivity index (χ3n) is 2.50. The molecule has 2 aromatic carbocycles. The Hall–Kier alpha value is -2.16. The summed E-state index contributed by atoms with van der Waals surface area (Å²) in [4.78, 5) is 0. The van der Waals surface area contributed by atoms with Gasteiger partial charge in [0.25, 0.3) is 0 Å². The summed E-state index contributed by atoms with van der Waals surface area (Å²) in [5.74, 6) is 1.62. The summed E-state index contributed by atoms with van der Waals surface area (Å²) >= 11 is 0. The van der Waals surface area contributed by atoms with Crippen molar-refractivity contribution < 1.29 is 9.47 Å². The molecule has 0 fully saturated rings. The number of benzene rings is 2. The molecule has 18 heavy (non-hydrogen) atoms. The van der Waals surface area contributed by atoms with Gasteiger partial charge in [0.1, 0.15) is 24.7 Å². The van der Waals surface area contributed by atoms with Crippen LogP contribution < -0.4 is 15.2 Å². The van der Waals surface area contributed by atoms with Crippen molar-refractivity contribution in [3.05, 3.63) is 54.1 Å². The lowest BCUT2D eigenvalue weighted by Gasteiger charge is -2.08. The number of nitrogen functional groups attached to an aromatic ring is 1. The van der Waals surface area contributed by atoms with Crippen molar-refractivity contribution in [2.75, 3.05) is 18.9 Å². The van der Waals surface area contributed by atoms with Crippen LogP contribution in [-0.2, 0) is 0 Å². The zero-order valence-electron chi connectivity index (χ0n) is 10.4. The van der Waals surface area contributed by atoms with Crippen LogP contribution in [0.4, 0.5) is 5.69 Å². The Morgan fingerprint density at radius 1 is 0.889 bits per heavy atom. The molecule has 0 heterocycles. The zero-order valence-corrected chi connectivity index (χ0v) is 10.4.